The molecule has 6 heteroatoms. The molecular weight excluding hydrogens is 298 g/mol. The summed E-state index contributed by atoms with van der Waals surface area (Å²) in [6.45, 7) is 2.35. The van der Waals surface area contributed by atoms with E-state index < -0.39 is 9.84 Å². The van der Waals surface area contributed by atoms with Crippen LogP contribution in [-0.2, 0) is 22.1 Å². The van der Waals surface area contributed by atoms with Crippen LogP contribution >= 0.6 is 0 Å². The van der Waals surface area contributed by atoms with Crippen molar-refractivity contribution in [3.8, 4) is 6.07 Å². The summed E-state index contributed by atoms with van der Waals surface area (Å²) in [5.41, 5.74) is 2.96. The molecule has 0 radical (unpaired) electrons. The first-order valence-corrected chi connectivity index (χ1v) is 8.80. The van der Waals surface area contributed by atoms with Gasteiger partial charge in [0.2, 0.25) is 0 Å². The Kier molecular flexibility index (Phi) is 4.78. The minimum Gasteiger partial charge on any atom is -0.366 e. The molecule has 0 atom stereocenters. The summed E-state index contributed by atoms with van der Waals surface area (Å²) in [5, 5.41) is 12.1. The quantitative estimate of drug-likeness (QED) is 0.916. The fourth-order valence-electron chi connectivity index (χ4n) is 2.07. The van der Waals surface area contributed by atoms with Crippen LogP contribution < -0.4 is 5.32 Å². The van der Waals surface area contributed by atoms with Crippen molar-refractivity contribution in [1.82, 2.24) is 4.98 Å². The minimum absolute atomic E-state index is 0.0300. The van der Waals surface area contributed by atoms with Gasteiger partial charge in [-0.1, -0.05) is 30.3 Å². The number of aryl methyl sites for hydroxylation is 1. The van der Waals surface area contributed by atoms with Gasteiger partial charge in [-0.15, -0.1) is 0 Å². The SMILES string of the molecule is Cc1ccc(NCc2cccc(CS(C)(=O)=O)c2)nc1C#N. The molecule has 0 unspecified atom stereocenters. The number of nitrogens with one attached hydrogen (secondary N) is 1. The van der Waals surface area contributed by atoms with E-state index in [1.165, 1.54) is 6.26 Å². The van der Waals surface area contributed by atoms with Gasteiger partial charge in [0, 0.05) is 12.8 Å². The van der Waals surface area contributed by atoms with E-state index in [2.05, 4.69) is 16.4 Å². The second kappa shape index (κ2) is 6.58. The van der Waals surface area contributed by atoms with Crippen molar-refractivity contribution < 1.29 is 8.42 Å². The fraction of sp³-hybridized carbons (Fsp3) is 0.250. The molecule has 2 rings (SSSR count). The maximum absolute atomic E-state index is 11.3. The van der Waals surface area contributed by atoms with Crippen LogP contribution in [0, 0.1) is 18.3 Å². The van der Waals surface area contributed by atoms with Crippen molar-refractivity contribution in [2.24, 2.45) is 0 Å². The van der Waals surface area contributed by atoms with Gasteiger partial charge in [-0.05, 0) is 29.7 Å². The lowest BCUT2D eigenvalue weighted by molar-refractivity contribution is 0.601. The Morgan fingerprint density at radius 1 is 1.23 bits per heavy atom. The Hall–Kier alpha value is -2.39. The molecule has 0 aliphatic carbocycles. The Morgan fingerprint density at radius 2 is 1.95 bits per heavy atom. The predicted molar refractivity (Wildman–Crippen MR) is 86.0 cm³/mol. The van der Waals surface area contributed by atoms with Crippen LogP contribution in [0.2, 0.25) is 0 Å². The first-order valence-electron chi connectivity index (χ1n) is 6.74. The lowest BCUT2D eigenvalue weighted by Crippen LogP contribution is -2.05. The number of pyridine rings is 1. The van der Waals surface area contributed by atoms with Gasteiger partial charge in [0.1, 0.15) is 17.6 Å². The highest BCUT2D eigenvalue weighted by Gasteiger charge is 2.06. The van der Waals surface area contributed by atoms with Crippen molar-refractivity contribution in [1.29, 1.82) is 5.26 Å². The Bertz CT molecular complexity index is 824. The minimum atomic E-state index is -3.04. The molecule has 1 N–H and O–H groups in total. The second-order valence-electron chi connectivity index (χ2n) is 5.22. The molecule has 0 aliphatic heterocycles. The lowest BCUT2D eigenvalue weighted by atomic mass is 10.1. The van der Waals surface area contributed by atoms with Crippen LogP contribution in [-0.4, -0.2) is 19.7 Å². The molecule has 114 valence electrons. The van der Waals surface area contributed by atoms with E-state index in [0.29, 0.717) is 18.1 Å². The first kappa shape index (κ1) is 16.0. The monoisotopic (exact) mass is 315 g/mol. The highest BCUT2D eigenvalue weighted by Crippen LogP contribution is 2.13. The molecule has 0 bridgehead atoms. The Labute approximate surface area is 130 Å². The van der Waals surface area contributed by atoms with Gasteiger partial charge in [0.25, 0.3) is 0 Å². The number of aromatic nitrogens is 1. The van der Waals surface area contributed by atoms with Crippen LogP contribution in [0.25, 0.3) is 0 Å². The molecule has 0 amide bonds. The van der Waals surface area contributed by atoms with Crippen molar-refractivity contribution >= 4 is 15.7 Å². The summed E-state index contributed by atoms with van der Waals surface area (Å²) < 4.78 is 22.7. The van der Waals surface area contributed by atoms with Crippen molar-refractivity contribution in [3.05, 3.63) is 58.8 Å². The van der Waals surface area contributed by atoms with E-state index in [-0.39, 0.29) is 5.75 Å². The lowest BCUT2D eigenvalue weighted by Gasteiger charge is -2.08. The topological polar surface area (TPSA) is 82.8 Å². The van der Waals surface area contributed by atoms with E-state index in [0.717, 1.165) is 16.7 Å². The van der Waals surface area contributed by atoms with Gasteiger partial charge in [-0.2, -0.15) is 5.26 Å². The molecular formula is C16H17N3O2S. The third-order valence-electron chi connectivity index (χ3n) is 3.10. The fourth-order valence-corrected chi connectivity index (χ4v) is 2.85. The summed E-state index contributed by atoms with van der Waals surface area (Å²) >= 11 is 0. The van der Waals surface area contributed by atoms with Crippen LogP contribution in [0.5, 0.6) is 0 Å². The molecule has 1 aromatic carbocycles. The third-order valence-corrected chi connectivity index (χ3v) is 3.95. The highest BCUT2D eigenvalue weighted by molar-refractivity contribution is 7.89. The summed E-state index contributed by atoms with van der Waals surface area (Å²) in [6.07, 6.45) is 1.22. The van der Waals surface area contributed by atoms with Crippen LogP contribution in [0.1, 0.15) is 22.4 Å². The van der Waals surface area contributed by atoms with Crippen molar-refractivity contribution in [2.45, 2.75) is 19.2 Å². The highest BCUT2D eigenvalue weighted by atomic mass is 32.2. The maximum atomic E-state index is 11.3. The molecule has 0 fully saturated rings. The summed E-state index contributed by atoms with van der Waals surface area (Å²) in [5.74, 6) is 0.651. The average molecular weight is 315 g/mol. The zero-order valence-electron chi connectivity index (χ0n) is 12.5. The van der Waals surface area contributed by atoms with Gasteiger partial charge in [0.15, 0.2) is 9.84 Å². The molecule has 0 aliphatic rings. The largest absolute Gasteiger partial charge is 0.366 e. The number of benzene rings is 1. The summed E-state index contributed by atoms with van der Waals surface area (Å²) in [6, 6.07) is 13.1. The van der Waals surface area contributed by atoms with Gasteiger partial charge in [0.05, 0.1) is 5.75 Å². The van der Waals surface area contributed by atoms with E-state index in [9.17, 15) is 8.42 Å². The van der Waals surface area contributed by atoms with Gasteiger partial charge >= 0.3 is 0 Å². The van der Waals surface area contributed by atoms with Gasteiger partial charge in [-0.25, -0.2) is 13.4 Å². The van der Waals surface area contributed by atoms with E-state index in [1.807, 2.05) is 37.3 Å². The predicted octanol–water partition coefficient (Wildman–Crippen LogP) is 2.42. The number of hydrogen-bond donors (Lipinski definition) is 1. The standard InChI is InChI=1S/C16H17N3O2S/c1-12-6-7-16(19-15(12)9-17)18-10-13-4-3-5-14(8-13)11-22(2,20)21/h3-8H,10-11H2,1-2H3,(H,18,19). The van der Waals surface area contributed by atoms with Gasteiger partial charge < -0.3 is 5.32 Å². The number of nitriles is 1. The van der Waals surface area contributed by atoms with Crippen molar-refractivity contribution in [2.75, 3.05) is 11.6 Å². The molecule has 1 aromatic heterocycles. The Balaban J connectivity index is 2.09. The zero-order chi connectivity index (χ0) is 16.2. The van der Waals surface area contributed by atoms with Crippen LogP contribution in [0.15, 0.2) is 36.4 Å². The van der Waals surface area contributed by atoms with E-state index in [4.69, 9.17) is 5.26 Å². The Morgan fingerprint density at radius 3 is 2.64 bits per heavy atom. The molecule has 5 nitrogen and oxygen atoms in total. The number of sulfone groups is 1. The van der Waals surface area contributed by atoms with E-state index >= 15 is 0 Å². The summed E-state index contributed by atoms with van der Waals surface area (Å²) in [4.78, 5) is 4.22. The first-order chi connectivity index (χ1) is 10.4. The molecule has 1 heterocycles. The maximum Gasteiger partial charge on any atom is 0.151 e. The molecule has 2 aromatic rings. The molecule has 0 spiro atoms. The molecule has 0 saturated carbocycles. The number of hydrogen-bond acceptors (Lipinski definition) is 5. The zero-order valence-corrected chi connectivity index (χ0v) is 13.3. The van der Waals surface area contributed by atoms with Crippen LogP contribution in [0.3, 0.4) is 0 Å². The normalized spacial score (nSPS) is 11.0. The van der Waals surface area contributed by atoms with Gasteiger partial charge in [-0.3, -0.25) is 0 Å². The second-order valence-corrected chi connectivity index (χ2v) is 7.36. The molecule has 22 heavy (non-hydrogen) atoms. The average Bonchev–Trinajstić information content (AvgIpc) is 2.45. The number of nitrogens with zero attached hydrogens (tertiary/aromatic N) is 2. The smallest absolute Gasteiger partial charge is 0.151 e. The summed E-state index contributed by atoms with van der Waals surface area (Å²) in [7, 11) is -3.04. The molecule has 0 saturated heterocycles. The van der Waals surface area contributed by atoms with E-state index in [1.54, 1.807) is 6.07 Å². The number of anilines is 1. The van der Waals surface area contributed by atoms with Crippen LogP contribution in [0.4, 0.5) is 5.82 Å². The van der Waals surface area contributed by atoms with Crippen molar-refractivity contribution in [3.63, 3.8) is 0 Å². The number of rotatable bonds is 5. The third kappa shape index (κ3) is 4.57.